The van der Waals surface area contributed by atoms with Gasteiger partial charge in [-0.15, -0.1) is 11.8 Å². The van der Waals surface area contributed by atoms with E-state index in [9.17, 15) is 19.6 Å². The highest BCUT2D eigenvalue weighted by Crippen LogP contribution is 2.47. The third-order valence-corrected chi connectivity index (χ3v) is 8.53. The van der Waals surface area contributed by atoms with Crippen molar-refractivity contribution < 1.29 is 38.1 Å². The Morgan fingerprint density at radius 1 is 1.38 bits per heavy atom. The van der Waals surface area contributed by atoms with Crippen LogP contribution in [-0.4, -0.2) is 79.5 Å². The summed E-state index contributed by atoms with van der Waals surface area (Å²) in [6.07, 6.45) is -0.658. The molecule has 0 spiro atoms. The molecule has 0 radical (unpaired) electrons. The molecule has 1 saturated heterocycles. The lowest BCUT2D eigenvalue weighted by atomic mass is 9.96. The number of nitrogens with zero attached hydrogens (tertiary/aromatic N) is 4. The number of methoxy groups -OCH3 is 1. The summed E-state index contributed by atoms with van der Waals surface area (Å²) in [6.45, 7) is 2.28. The first-order valence-corrected chi connectivity index (χ1v) is 14.7. The van der Waals surface area contributed by atoms with Gasteiger partial charge in [0.25, 0.3) is 0 Å². The molecule has 1 aromatic carbocycles. The lowest BCUT2D eigenvalue weighted by molar-refractivity contribution is -0.142. The van der Waals surface area contributed by atoms with Crippen molar-refractivity contribution in [1.29, 1.82) is 0 Å². The number of imidazole rings is 1. The summed E-state index contributed by atoms with van der Waals surface area (Å²) < 4.78 is 36.9. The van der Waals surface area contributed by atoms with Crippen LogP contribution in [0.2, 0.25) is 5.02 Å². The molecule has 14 nitrogen and oxygen atoms in total. The highest BCUT2D eigenvalue weighted by atomic mass is 35.5. The number of carbonyl (C=O) groups excluding carboxylic acids is 1. The molecule has 3 heterocycles. The normalized spacial score (nSPS) is 25.4. The lowest BCUT2D eigenvalue weighted by Gasteiger charge is -2.27. The largest absolute Gasteiger partial charge is 0.468 e. The number of ether oxygens (including phenoxy) is 2. The Kier molecular flexibility index (Phi) is 8.73. The van der Waals surface area contributed by atoms with E-state index in [4.69, 9.17) is 31.1 Å². The summed E-state index contributed by atoms with van der Waals surface area (Å²) in [4.78, 5) is 24.7. The molecule has 212 valence electrons. The van der Waals surface area contributed by atoms with Crippen molar-refractivity contribution in [1.82, 2.24) is 24.6 Å². The third kappa shape index (κ3) is 6.15. The molecule has 6 atom stereocenters. The maximum atomic E-state index is 13.7. The second kappa shape index (κ2) is 11.6. The van der Waals surface area contributed by atoms with Crippen LogP contribution in [0.1, 0.15) is 20.1 Å². The Hall–Kier alpha value is -2.49. The molecular weight excluding hydrogens is 575 g/mol. The van der Waals surface area contributed by atoms with E-state index in [-0.39, 0.29) is 17.3 Å². The van der Waals surface area contributed by atoms with E-state index in [2.05, 4.69) is 24.8 Å². The van der Waals surface area contributed by atoms with Crippen LogP contribution < -0.4 is 15.3 Å². The minimum atomic E-state index is -4.26. The van der Waals surface area contributed by atoms with Gasteiger partial charge in [-0.3, -0.25) is 13.9 Å². The molecule has 0 amide bonds. The molecule has 0 bridgehead atoms. The fourth-order valence-electron chi connectivity index (χ4n) is 3.96. The zero-order chi connectivity index (χ0) is 28.5. The van der Waals surface area contributed by atoms with Crippen molar-refractivity contribution in [2.45, 2.75) is 49.0 Å². The zero-order valence-electron chi connectivity index (χ0n) is 21.3. The predicted molar refractivity (Wildman–Crippen MR) is 142 cm³/mol. The predicted octanol–water partition coefficient (Wildman–Crippen LogP) is 2.15. The van der Waals surface area contributed by atoms with Gasteiger partial charge in [-0.25, -0.2) is 14.5 Å². The van der Waals surface area contributed by atoms with Gasteiger partial charge in [0.15, 0.2) is 11.9 Å². The number of nitrogens with two attached hydrogens (primary N) is 1. The van der Waals surface area contributed by atoms with E-state index < -0.39 is 50.4 Å². The molecule has 2 aromatic heterocycles. The standard InChI is InChI=1S/C22H28ClN6O8PS/c1-11(19(31)34-3)28-38(33,37-13-7-5-12(23)6-8-13)35-9-14-16(30)22(2,32)20(36-14)29-10-25-15-17(29)26-21(24)27-18(15)39-4/h5-8,10-11,14,16,20,30,32H,9H2,1-4H3,(H,28,33)(H2,24,26,27)/t11?,14?,16-,20-,22-,38?/m1/s1. The van der Waals surface area contributed by atoms with Crippen LogP contribution in [0, 0.1) is 0 Å². The Labute approximate surface area is 232 Å². The van der Waals surface area contributed by atoms with Gasteiger partial charge >= 0.3 is 13.7 Å². The zero-order valence-corrected chi connectivity index (χ0v) is 23.8. The molecule has 17 heteroatoms. The number of rotatable bonds is 10. The van der Waals surface area contributed by atoms with Gasteiger partial charge in [0.05, 0.1) is 20.0 Å². The topological polar surface area (TPSA) is 193 Å². The molecule has 5 N–H and O–H groups in total. The van der Waals surface area contributed by atoms with Crippen molar-refractivity contribution in [3.63, 3.8) is 0 Å². The van der Waals surface area contributed by atoms with Crippen molar-refractivity contribution >= 4 is 54.2 Å². The summed E-state index contributed by atoms with van der Waals surface area (Å²) >= 11 is 7.23. The molecule has 1 fully saturated rings. The van der Waals surface area contributed by atoms with Crippen LogP contribution in [0.5, 0.6) is 5.75 Å². The maximum Gasteiger partial charge on any atom is 0.459 e. The number of hydrogen-bond acceptors (Lipinski definition) is 13. The number of nitrogens with one attached hydrogen (secondary N) is 1. The number of halogens is 1. The number of aliphatic hydroxyl groups excluding tert-OH is 1. The van der Waals surface area contributed by atoms with Gasteiger partial charge in [-0.05, 0) is 44.4 Å². The van der Waals surface area contributed by atoms with Gasteiger partial charge in [-0.1, -0.05) is 11.6 Å². The van der Waals surface area contributed by atoms with Crippen LogP contribution in [-0.2, 0) is 23.4 Å². The second-order valence-corrected chi connectivity index (χ2v) is 11.8. The molecule has 0 aliphatic carbocycles. The Balaban J connectivity index is 1.58. The lowest BCUT2D eigenvalue weighted by Crippen LogP contribution is -2.44. The minimum Gasteiger partial charge on any atom is -0.468 e. The van der Waals surface area contributed by atoms with E-state index in [1.165, 1.54) is 67.9 Å². The highest BCUT2D eigenvalue weighted by Gasteiger charge is 2.54. The van der Waals surface area contributed by atoms with Gasteiger partial charge in [-0.2, -0.15) is 10.1 Å². The average molecular weight is 603 g/mol. The number of fused-ring (bicyclic) bond motifs is 1. The number of esters is 1. The van der Waals surface area contributed by atoms with Gasteiger partial charge in [0, 0.05) is 5.02 Å². The van der Waals surface area contributed by atoms with Crippen molar-refractivity contribution in [3.8, 4) is 5.75 Å². The number of aliphatic hydroxyl groups is 2. The average Bonchev–Trinajstić information content (AvgIpc) is 3.40. The molecule has 39 heavy (non-hydrogen) atoms. The molecule has 3 aromatic rings. The molecule has 3 unspecified atom stereocenters. The van der Waals surface area contributed by atoms with E-state index in [1.54, 1.807) is 6.26 Å². The smallest absolute Gasteiger partial charge is 0.459 e. The first-order chi connectivity index (χ1) is 18.4. The molecular formula is C22H28ClN6O8PS. The number of carbonyl (C=O) groups is 1. The van der Waals surface area contributed by atoms with Crippen LogP contribution in [0.4, 0.5) is 5.95 Å². The third-order valence-electron chi connectivity index (χ3n) is 5.96. The van der Waals surface area contributed by atoms with Crippen LogP contribution >= 0.6 is 31.1 Å². The van der Waals surface area contributed by atoms with Crippen molar-refractivity contribution in [2.24, 2.45) is 0 Å². The quantitative estimate of drug-likeness (QED) is 0.114. The van der Waals surface area contributed by atoms with Crippen molar-refractivity contribution in [2.75, 3.05) is 25.7 Å². The summed E-state index contributed by atoms with van der Waals surface area (Å²) in [5.41, 5.74) is 4.72. The Bertz CT molecular complexity index is 1390. The van der Waals surface area contributed by atoms with E-state index in [1.807, 2.05) is 0 Å². The first-order valence-electron chi connectivity index (χ1n) is 11.5. The number of nitrogen functional groups attached to an aromatic ring is 1. The van der Waals surface area contributed by atoms with Crippen LogP contribution in [0.25, 0.3) is 11.2 Å². The minimum absolute atomic E-state index is 0.00208. The summed E-state index contributed by atoms with van der Waals surface area (Å²) in [5.74, 6) is -0.578. The van der Waals surface area contributed by atoms with Crippen LogP contribution in [0.3, 0.4) is 0 Å². The number of hydrogen-bond donors (Lipinski definition) is 4. The fraction of sp³-hybridized carbons (Fsp3) is 0.455. The Morgan fingerprint density at radius 2 is 2.08 bits per heavy atom. The summed E-state index contributed by atoms with van der Waals surface area (Å²) in [6, 6.07) is 4.89. The second-order valence-electron chi connectivity index (χ2n) is 8.83. The van der Waals surface area contributed by atoms with E-state index >= 15 is 0 Å². The summed E-state index contributed by atoms with van der Waals surface area (Å²) in [5, 5.41) is 25.6. The van der Waals surface area contributed by atoms with Crippen LogP contribution in [0.15, 0.2) is 35.6 Å². The molecule has 4 rings (SSSR count). The number of aromatic nitrogens is 4. The highest BCUT2D eigenvalue weighted by molar-refractivity contribution is 7.98. The Morgan fingerprint density at radius 3 is 2.72 bits per heavy atom. The van der Waals surface area contributed by atoms with E-state index in [0.29, 0.717) is 15.6 Å². The van der Waals surface area contributed by atoms with Gasteiger partial charge in [0.1, 0.15) is 40.1 Å². The number of benzene rings is 1. The number of anilines is 1. The molecule has 1 aliphatic heterocycles. The fourth-order valence-corrected chi connectivity index (χ4v) is 6.11. The molecule has 1 aliphatic rings. The SMILES string of the molecule is COC(=O)C(C)NP(=O)(OCC1O[C@@H](n2cnc3c(SC)nc(N)nc32)[C@](C)(O)[C@@H]1O)Oc1ccc(Cl)cc1. The number of thioether (sulfide) groups is 1. The monoisotopic (exact) mass is 602 g/mol. The van der Waals surface area contributed by atoms with Gasteiger partial charge < -0.3 is 29.9 Å². The van der Waals surface area contributed by atoms with Crippen molar-refractivity contribution in [3.05, 3.63) is 35.6 Å². The molecule has 0 saturated carbocycles. The first kappa shape index (κ1) is 29.5. The maximum absolute atomic E-state index is 13.7. The van der Waals surface area contributed by atoms with E-state index in [0.717, 1.165) is 0 Å². The summed E-state index contributed by atoms with van der Waals surface area (Å²) in [7, 11) is -3.08. The van der Waals surface area contributed by atoms with Gasteiger partial charge in [0.2, 0.25) is 5.95 Å².